The van der Waals surface area contributed by atoms with Gasteiger partial charge >= 0.3 is 6.03 Å². The SMILES string of the molecule is CC(NC(=O)N1CCN(c2ccncc2)CC1)C1CCCC1. The molecule has 1 saturated heterocycles. The predicted molar refractivity (Wildman–Crippen MR) is 88.0 cm³/mol. The van der Waals surface area contributed by atoms with E-state index in [1.54, 1.807) is 0 Å². The van der Waals surface area contributed by atoms with Crippen molar-refractivity contribution in [3.8, 4) is 0 Å². The molecule has 2 amide bonds. The summed E-state index contributed by atoms with van der Waals surface area (Å²) in [5.74, 6) is 0.669. The fraction of sp³-hybridized carbons (Fsp3) is 0.647. The molecule has 0 radical (unpaired) electrons. The van der Waals surface area contributed by atoms with Crippen LogP contribution in [0, 0.1) is 5.92 Å². The van der Waals surface area contributed by atoms with E-state index in [0.29, 0.717) is 12.0 Å². The predicted octanol–water partition coefficient (Wildman–Crippen LogP) is 2.49. The highest BCUT2D eigenvalue weighted by Gasteiger charge is 2.26. The Morgan fingerprint density at radius 3 is 2.45 bits per heavy atom. The third kappa shape index (κ3) is 3.51. The minimum atomic E-state index is 0.105. The Morgan fingerprint density at radius 1 is 1.18 bits per heavy atom. The van der Waals surface area contributed by atoms with E-state index in [9.17, 15) is 4.79 Å². The zero-order valence-electron chi connectivity index (χ0n) is 13.4. The van der Waals surface area contributed by atoms with Crippen LogP contribution in [0.4, 0.5) is 10.5 Å². The second kappa shape index (κ2) is 6.99. The van der Waals surface area contributed by atoms with Crippen LogP contribution < -0.4 is 10.2 Å². The van der Waals surface area contributed by atoms with Crippen LogP contribution in [0.5, 0.6) is 0 Å². The molecule has 1 atom stereocenters. The number of amides is 2. The Hall–Kier alpha value is -1.78. The molecule has 1 aliphatic heterocycles. The van der Waals surface area contributed by atoms with Gasteiger partial charge in [-0.2, -0.15) is 0 Å². The summed E-state index contributed by atoms with van der Waals surface area (Å²) < 4.78 is 0. The van der Waals surface area contributed by atoms with Gasteiger partial charge in [-0.1, -0.05) is 12.8 Å². The number of piperazine rings is 1. The van der Waals surface area contributed by atoms with Crippen LogP contribution in [0.2, 0.25) is 0 Å². The van der Waals surface area contributed by atoms with E-state index in [-0.39, 0.29) is 6.03 Å². The fourth-order valence-electron chi connectivity index (χ4n) is 3.58. The molecule has 0 spiro atoms. The van der Waals surface area contributed by atoms with Crippen LogP contribution >= 0.6 is 0 Å². The number of aromatic nitrogens is 1. The molecule has 2 fully saturated rings. The molecule has 5 nitrogen and oxygen atoms in total. The number of rotatable bonds is 3. The van der Waals surface area contributed by atoms with Gasteiger partial charge in [0, 0.05) is 50.3 Å². The third-order valence-corrected chi connectivity index (χ3v) is 5.05. The second-order valence-corrected chi connectivity index (χ2v) is 6.46. The van der Waals surface area contributed by atoms with Gasteiger partial charge in [0.15, 0.2) is 0 Å². The van der Waals surface area contributed by atoms with Crippen molar-refractivity contribution < 1.29 is 4.79 Å². The van der Waals surface area contributed by atoms with Crippen molar-refractivity contribution >= 4 is 11.7 Å². The summed E-state index contributed by atoms with van der Waals surface area (Å²) >= 11 is 0. The van der Waals surface area contributed by atoms with E-state index in [2.05, 4.69) is 22.1 Å². The largest absolute Gasteiger partial charge is 0.368 e. The lowest BCUT2D eigenvalue weighted by molar-refractivity contribution is 0.186. The summed E-state index contributed by atoms with van der Waals surface area (Å²) in [4.78, 5) is 20.7. The number of hydrogen-bond donors (Lipinski definition) is 1. The van der Waals surface area contributed by atoms with Crippen LogP contribution in [-0.4, -0.2) is 48.1 Å². The summed E-state index contributed by atoms with van der Waals surface area (Å²) in [5.41, 5.74) is 1.19. The molecule has 3 rings (SSSR count). The Bertz CT molecular complexity index is 479. The van der Waals surface area contributed by atoms with E-state index < -0.39 is 0 Å². The maximum absolute atomic E-state index is 12.4. The molecule has 1 aromatic rings. The third-order valence-electron chi connectivity index (χ3n) is 5.05. The summed E-state index contributed by atoms with van der Waals surface area (Å²) in [6, 6.07) is 4.46. The smallest absolute Gasteiger partial charge is 0.317 e. The number of hydrogen-bond acceptors (Lipinski definition) is 3. The van der Waals surface area contributed by atoms with Crippen LogP contribution in [0.1, 0.15) is 32.6 Å². The molecule has 1 N–H and O–H groups in total. The number of nitrogens with zero attached hydrogens (tertiary/aromatic N) is 3. The second-order valence-electron chi connectivity index (χ2n) is 6.46. The number of carbonyl (C=O) groups is 1. The van der Waals surface area contributed by atoms with Crippen molar-refractivity contribution in [3.05, 3.63) is 24.5 Å². The number of urea groups is 1. The first kappa shape index (κ1) is 15.1. The fourth-order valence-corrected chi connectivity index (χ4v) is 3.58. The maximum Gasteiger partial charge on any atom is 0.317 e. The molecule has 22 heavy (non-hydrogen) atoms. The highest BCUT2D eigenvalue weighted by Crippen LogP contribution is 2.27. The molecular formula is C17H26N4O. The number of carbonyl (C=O) groups excluding carboxylic acids is 1. The summed E-state index contributed by atoms with van der Waals surface area (Å²) in [7, 11) is 0. The van der Waals surface area contributed by atoms with Crippen molar-refractivity contribution in [1.82, 2.24) is 15.2 Å². The zero-order valence-corrected chi connectivity index (χ0v) is 13.4. The lowest BCUT2D eigenvalue weighted by Gasteiger charge is -2.36. The summed E-state index contributed by atoms with van der Waals surface area (Å²) in [5, 5.41) is 3.20. The molecule has 5 heteroatoms. The van der Waals surface area contributed by atoms with Crippen LogP contribution in [0.15, 0.2) is 24.5 Å². The molecule has 2 aliphatic rings. The number of pyridine rings is 1. The van der Waals surface area contributed by atoms with E-state index in [1.807, 2.05) is 29.4 Å². The van der Waals surface area contributed by atoms with E-state index in [1.165, 1.54) is 31.4 Å². The van der Waals surface area contributed by atoms with Crippen molar-refractivity contribution in [3.63, 3.8) is 0 Å². The van der Waals surface area contributed by atoms with Gasteiger partial charge in [0.05, 0.1) is 0 Å². The molecule has 0 bridgehead atoms. The van der Waals surface area contributed by atoms with Crippen LogP contribution in [-0.2, 0) is 0 Å². The molecule has 1 saturated carbocycles. The molecule has 1 aliphatic carbocycles. The molecule has 0 aromatic carbocycles. The highest BCUT2D eigenvalue weighted by molar-refractivity contribution is 5.75. The Labute approximate surface area is 132 Å². The molecule has 120 valence electrons. The Balaban J connectivity index is 1.47. The quantitative estimate of drug-likeness (QED) is 0.933. The van der Waals surface area contributed by atoms with Gasteiger partial charge in [0.25, 0.3) is 0 Å². The van der Waals surface area contributed by atoms with Crippen molar-refractivity contribution in [2.24, 2.45) is 5.92 Å². The van der Waals surface area contributed by atoms with Crippen molar-refractivity contribution in [1.29, 1.82) is 0 Å². The van der Waals surface area contributed by atoms with Crippen LogP contribution in [0.25, 0.3) is 0 Å². The molecule has 2 heterocycles. The van der Waals surface area contributed by atoms with Gasteiger partial charge in [-0.25, -0.2) is 4.79 Å². The van der Waals surface area contributed by atoms with Gasteiger partial charge in [0.2, 0.25) is 0 Å². The monoisotopic (exact) mass is 302 g/mol. The molecular weight excluding hydrogens is 276 g/mol. The van der Waals surface area contributed by atoms with Gasteiger partial charge in [-0.3, -0.25) is 4.98 Å². The van der Waals surface area contributed by atoms with Crippen LogP contribution in [0.3, 0.4) is 0 Å². The van der Waals surface area contributed by atoms with Crippen molar-refractivity contribution in [2.45, 2.75) is 38.6 Å². The topological polar surface area (TPSA) is 48.5 Å². The first-order valence-electron chi connectivity index (χ1n) is 8.44. The highest BCUT2D eigenvalue weighted by atomic mass is 16.2. The van der Waals surface area contributed by atoms with E-state index in [0.717, 1.165) is 26.2 Å². The average molecular weight is 302 g/mol. The lowest BCUT2D eigenvalue weighted by atomic mass is 10.00. The summed E-state index contributed by atoms with van der Waals surface area (Å²) in [6.45, 7) is 5.49. The normalized spacial score (nSPS) is 21.0. The molecule has 1 aromatic heterocycles. The first-order valence-corrected chi connectivity index (χ1v) is 8.44. The first-order chi connectivity index (χ1) is 10.7. The molecule has 1 unspecified atom stereocenters. The number of nitrogens with one attached hydrogen (secondary N) is 1. The van der Waals surface area contributed by atoms with E-state index in [4.69, 9.17) is 0 Å². The van der Waals surface area contributed by atoms with E-state index >= 15 is 0 Å². The Kier molecular flexibility index (Phi) is 4.80. The zero-order chi connectivity index (χ0) is 15.4. The minimum absolute atomic E-state index is 0.105. The number of anilines is 1. The van der Waals surface area contributed by atoms with Gasteiger partial charge in [-0.15, -0.1) is 0 Å². The van der Waals surface area contributed by atoms with Gasteiger partial charge in [-0.05, 0) is 37.8 Å². The van der Waals surface area contributed by atoms with Gasteiger partial charge in [0.1, 0.15) is 0 Å². The Morgan fingerprint density at radius 2 is 1.82 bits per heavy atom. The van der Waals surface area contributed by atoms with Crippen molar-refractivity contribution in [2.75, 3.05) is 31.1 Å². The maximum atomic E-state index is 12.4. The summed E-state index contributed by atoms with van der Waals surface area (Å²) in [6.07, 6.45) is 8.79. The standard InChI is InChI=1S/C17H26N4O/c1-14(15-4-2-3-5-15)19-17(22)21-12-10-20(11-13-21)16-6-8-18-9-7-16/h6-9,14-15H,2-5,10-13H2,1H3,(H,19,22). The lowest BCUT2D eigenvalue weighted by Crippen LogP contribution is -2.54. The minimum Gasteiger partial charge on any atom is -0.368 e. The average Bonchev–Trinajstić information content (AvgIpc) is 3.10. The van der Waals surface area contributed by atoms with Gasteiger partial charge < -0.3 is 15.1 Å².